The van der Waals surface area contributed by atoms with Gasteiger partial charge in [-0.15, -0.1) is 16.8 Å². The molecule has 1 aliphatic carbocycles. The molecule has 176 valence electrons. The van der Waals surface area contributed by atoms with Gasteiger partial charge in [-0.05, 0) is 12.1 Å². The number of hydrogen-bond donors (Lipinski definition) is 1. The summed E-state index contributed by atoms with van der Waals surface area (Å²) in [5.41, 5.74) is 2.04. The summed E-state index contributed by atoms with van der Waals surface area (Å²) in [6, 6.07) is 13.4. The van der Waals surface area contributed by atoms with Crippen LogP contribution in [0, 0.1) is 0 Å². The number of carbonyl (C=O) groups is 2. The second-order valence-corrected chi connectivity index (χ2v) is 8.95. The summed E-state index contributed by atoms with van der Waals surface area (Å²) in [6.45, 7) is 4.33. The molecule has 1 aliphatic rings. The van der Waals surface area contributed by atoms with Crippen molar-refractivity contribution in [1.82, 2.24) is 24.7 Å². The minimum absolute atomic E-state index is 0.0307. The number of aromatic nitrogens is 5. The van der Waals surface area contributed by atoms with Gasteiger partial charge in [-0.1, -0.05) is 48.2 Å². The molecule has 3 heterocycles. The summed E-state index contributed by atoms with van der Waals surface area (Å²) in [6.07, 6.45) is 5.73. The zero-order valence-electron chi connectivity index (χ0n) is 18.8. The fourth-order valence-corrected chi connectivity index (χ4v) is 4.76. The maximum absolute atomic E-state index is 12.6. The van der Waals surface area contributed by atoms with Gasteiger partial charge in [0, 0.05) is 37.1 Å². The molecule has 0 spiro atoms. The van der Waals surface area contributed by atoms with Gasteiger partial charge >= 0.3 is 0 Å². The number of rotatable bonds is 8. The van der Waals surface area contributed by atoms with E-state index < -0.39 is 0 Å². The SMILES string of the molecule is C=CCn1c(SCC(=O)Nc2ncc3c(n2)C[C@H](c2ccco2)CC3=O)nnc1-c1ccccc1. The minimum atomic E-state index is -0.283. The van der Waals surface area contributed by atoms with E-state index in [1.807, 2.05) is 41.0 Å². The highest BCUT2D eigenvalue weighted by Crippen LogP contribution is 2.32. The number of Topliss-reactive ketones (excluding diaryl/α,β-unsaturated/α-hetero) is 1. The molecule has 35 heavy (non-hydrogen) atoms. The maximum atomic E-state index is 12.6. The molecule has 0 saturated carbocycles. The number of ketones is 1. The number of fused-ring (bicyclic) bond motifs is 1. The van der Waals surface area contributed by atoms with Crippen LogP contribution in [-0.2, 0) is 17.8 Å². The van der Waals surface area contributed by atoms with Crippen molar-refractivity contribution < 1.29 is 14.0 Å². The predicted octanol–water partition coefficient (Wildman–Crippen LogP) is 4.16. The van der Waals surface area contributed by atoms with Gasteiger partial charge < -0.3 is 4.42 Å². The number of benzene rings is 1. The van der Waals surface area contributed by atoms with Gasteiger partial charge in [0.05, 0.1) is 23.3 Å². The van der Waals surface area contributed by atoms with Crippen LogP contribution in [0.1, 0.15) is 34.2 Å². The lowest BCUT2D eigenvalue weighted by Crippen LogP contribution is -2.22. The van der Waals surface area contributed by atoms with E-state index in [0.717, 1.165) is 11.3 Å². The highest BCUT2D eigenvalue weighted by Gasteiger charge is 2.29. The fraction of sp³-hybridized carbons (Fsp3) is 0.200. The second kappa shape index (κ2) is 10.1. The molecule has 0 saturated heterocycles. The van der Waals surface area contributed by atoms with E-state index in [9.17, 15) is 9.59 Å². The molecule has 10 heteroatoms. The number of anilines is 1. The first-order valence-electron chi connectivity index (χ1n) is 11.1. The van der Waals surface area contributed by atoms with Gasteiger partial charge in [0.1, 0.15) is 5.76 Å². The first-order valence-corrected chi connectivity index (χ1v) is 12.1. The van der Waals surface area contributed by atoms with Crippen molar-refractivity contribution in [1.29, 1.82) is 0 Å². The zero-order chi connectivity index (χ0) is 24.2. The molecule has 0 aliphatic heterocycles. The average molecular weight is 487 g/mol. The van der Waals surface area contributed by atoms with Crippen molar-refractivity contribution in [3.63, 3.8) is 0 Å². The standard InChI is InChI=1S/C25H22N6O3S/c1-2-10-31-23(16-7-4-3-5-8-16)29-30-25(31)35-15-22(33)28-24-26-14-18-19(27-24)12-17(13-20(18)32)21-9-6-11-34-21/h2-9,11,14,17H,1,10,12-13,15H2,(H,26,27,28,33)/t17-/m0/s1. The van der Waals surface area contributed by atoms with E-state index >= 15 is 0 Å². The number of thioether (sulfide) groups is 1. The number of hydrogen-bond acceptors (Lipinski definition) is 8. The Morgan fingerprint density at radius 1 is 1.20 bits per heavy atom. The maximum Gasteiger partial charge on any atom is 0.237 e. The van der Waals surface area contributed by atoms with E-state index in [1.165, 1.54) is 18.0 Å². The Labute approximate surface area is 205 Å². The van der Waals surface area contributed by atoms with Crippen LogP contribution in [0.3, 0.4) is 0 Å². The van der Waals surface area contributed by atoms with Gasteiger partial charge in [0.2, 0.25) is 11.9 Å². The third-order valence-corrected chi connectivity index (χ3v) is 6.60. The summed E-state index contributed by atoms with van der Waals surface area (Å²) in [5, 5.41) is 11.9. The van der Waals surface area contributed by atoms with Crippen LogP contribution in [0.5, 0.6) is 0 Å². The molecule has 1 amide bonds. The number of nitrogens with zero attached hydrogens (tertiary/aromatic N) is 5. The molecule has 0 fully saturated rings. The van der Waals surface area contributed by atoms with Crippen molar-refractivity contribution >= 4 is 29.4 Å². The van der Waals surface area contributed by atoms with Crippen molar-refractivity contribution in [3.05, 3.63) is 84.6 Å². The van der Waals surface area contributed by atoms with E-state index in [1.54, 1.807) is 18.4 Å². The third kappa shape index (κ3) is 4.92. The van der Waals surface area contributed by atoms with Crippen molar-refractivity contribution in [2.24, 2.45) is 0 Å². The van der Waals surface area contributed by atoms with Crippen LogP contribution in [-0.4, -0.2) is 42.2 Å². The molecule has 1 atom stereocenters. The topological polar surface area (TPSA) is 116 Å². The smallest absolute Gasteiger partial charge is 0.237 e. The van der Waals surface area contributed by atoms with Gasteiger partial charge in [-0.25, -0.2) is 9.97 Å². The van der Waals surface area contributed by atoms with Crippen LogP contribution in [0.25, 0.3) is 11.4 Å². The number of amides is 1. The van der Waals surface area contributed by atoms with Crippen molar-refractivity contribution in [2.45, 2.75) is 30.5 Å². The summed E-state index contributed by atoms with van der Waals surface area (Å²) in [4.78, 5) is 33.8. The molecule has 0 radical (unpaired) electrons. The summed E-state index contributed by atoms with van der Waals surface area (Å²) < 4.78 is 7.39. The predicted molar refractivity (Wildman–Crippen MR) is 131 cm³/mol. The molecule has 1 aromatic carbocycles. The Hall–Kier alpha value is -4.05. The van der Waals surface area contributed by atoms with Crippen LogP contribution in [0.4, 0.5) is 5.95 Å². The van der Waals surface area contributed by atoms with Crippen LogP contribution >= 0.6 is 11.8 Å². The van der Waals surface area contributed by atoms with Gasteiger partial charge in [-0.2, -0.15) is 0 Å². The number of allylic oxidation sites excluding steroid dienone is 1. The van der Waals surface area contributed by atoms with Crippen molar-refractivity contribution in [3.8, 4) is 11.4 Å². The highest BCUT2D eigenvalue weighted by atomic mass is 32.2. The monoisotopic (exact) mass is 486 g/mol. The molecule has 9 nitrogen and oxygen atoms in total. The van der Waals surface area contributed by atoms with Crippen molar-refractivity contribution in [2.75, 3.05) is 11.1 Å². The number of carbonyl (C=O) groups excluding carboxylic acids is 2. The molecule has 0 bridgehead atoms. The normalized spacial score (nSPS) is 15.0. The minimum Gasteiger partial charge on any atom is -0.469 e. The second-order valence-electron chi connectivity index (χ2n) is 8.01. The van der Waals surface area contributed by atoms with E-state index in [-0.39, 0.29) is 29.3 Å². The lowest BCUT2D eigenvalue weighted by atomic mass is 9.85. The van der Waals surface area contributed by atoms with Gasteiger partial charge in [0.25, 0.3) is 0 Å². The fourth-order valence-electron chi connectivity index (χ4n) is 4.01. The Kier molecular flexibility index (Phi) is 6.53. The van der Waals surface area contributed by atoms with E-state index in [0.29, 0.717) is 41.6 Å². The number of nitrogens with one attached hydrogen (secondary N) is 1. The molecule has 1 N–H and O–H groups in total. The lowest BCUT2D eigenvalue weighted by molar-refractivity contribution is -0.113. The summed E-state index contributed by atoms with van der Waals surface area (Å²) in [7, 11) is 0. The quantitative estimate of drug-likeness (QED) is 0.292. The van der Waals surface area contributed by atoms with E-state index in [4.69, 9.17) is 4.42 Å². The summed E-state index contributed by atoms with van der Waals surface area (Å²) in [5.74, 6) is 1.34. The average Bonchev–Trinajstić information content (AvgIpc) is 3.54. The number of furan rings is 1. The molecular formula is C25H22N6O3S. The molecule has 5 rings (SSSR count). The molecular weight excluding hydrogens is 464 g/mol. The molecule has 0 unspecified atom stereocenters. The first kappa shape index (κ1) is 22.7. The van der Waals surface area contributed by atoms with Gasteiger partial charge in [0.15, 0.2) is 16.8 Å². The Morgan fingerprint density at radius 2 is 2.06 bits per heavy atom. The Morgan fingerprint density at radius 3 is 2.83 bits per heavy atom. The highest BCUT2D eigenvalue weighted by molar-refractivity contribution is 7.99. The van der Waals surface area contributed by atoms with Crippen LogP contribution in [0.2, 0.25) is 0 Å². The molecule has 3 aromatic heterocycles. The summed E-state index contributed by atoms with van der Waals surface area (Å²) >= 11 is 1.27. The third-order valence-electron chi connectivity index (χ3n) is 5.63. The first-order chi connectivity index (χ1) is 17.1. The lowest BCUT2D eigenvalue weighted by Gasteiger charge is -2.21. The Bertz CT molecular complexity index is 1370. The zero-order valence-corrected chi connectivity index (χ0v) is 19.6. The van der Waals surface area contributed by atoms with Gasteiger partial charge in [-0.3, -0.25) is 19.5 Å². The van der Waals surface area contributed by atoms with Crippen LogP contribution in [0.15, 0.2) is 77.2 Å². The Balaban J connectivity index is 1.26. The largest absolute Gasteiger partial charge is 0.469 e. The van der Waals surface area contributed by atoms with E-state index in [2.05, 4.69) is 32.1 Å². The van der Waals surface area contributed by atoms with Crippen LogP contribution < -0.4 is 5.32 Å². The molecule has 4 aromatic rings.